The molecule has 4 aromatic rings. The fourth-order valence-corrected chi connectivity index (χ4v) is 3.96. The van der Waals surface area contributed by atoms with E-state index >= 15 is 0 Å². The Morgan fingerprint density at radius 2 is 1.90 bits per heavy atom. The van der Waals surface area contributed by atoms with Crippen molar-refractivity contribution in [2.24, 2.45) is 5.73 Å². The lowest BCUT2D eigenvalue weighted by atomic mass is 10.1. The summed E-state index contributed by atoms with van der Waals surface area (Å²) in [5.41, 5.74) is 10.7. The second-order valence-electron chi connectivity index (χ2n) is 7.57. The first-order valence-corrected chi connectivity index (χ1v) is 10.2. The number of carbonyl (C=O) groups is 2. The van der Waals surface area contributed by atoms with E-state index in [1.165, 1.54) is 6.20 Å². The molecule has 4 rings (SSSR count). The number of nitrogens with one attached hydrogen (secondary N) is 1. The number of aryl methyl sites for hydroxylation is 3. The van der Waals surface area contributed by atoms with E-state index in [4.69, 9.17) is 5.73 Å². The van der Waals surface area contributed by atoms with Crippen LogP contribution in [0.25, 0.3) is 16.7 Å². The number of nitrogens with zero attached hydrogens (tertiary/aromatic N) is 5. The van der Waals surface area contributed by atoms with Crippen LogP contribution in [-0.2, 0) is 17.8 Å². The second kappa shape index (κ2) is 8.17. The Kier molecular flexibility index (Phi) is 5.41. The molecule has 9 nitrogen and oxygen atoms in total. The normalized spacial score (nSPS) is 11.3. The average Bonchev–Trinajstić information content (AvgIpc) is 3.29. The van der Waals surface area contributed by atoms with Crippen LogP contribution in [0.1, 0.15) is 39.6 Å². The molecular weight excluding hydrogens is 394 g/mol. The molecule has 0 atom stereocenters. The van der Waals surface area contributed by atoms with Crippen molar-refractivity contribution in [3.8, 4) is 0 Å². The van der Waals surface area contributed by atoms with Gasteiger partial charge in [0.2, 0.25) is 5.91 Å². The number of nitrogens with two attached hydrogens (primary N) is 1. The summed E-state index contributed by atoms with van der Waals surface area (Å²) < 4.78 is 3.71. The first-order valence-electron chi connectivity index (χ1n) is 10.2. The molecule has 0 radical (unpaired) electrons. The van der Waals surface area contributed by atoms with E-state index in [2.05, 4.69) is 25.0 Å². The van der Waals surface area contributed by atoms with Gasteiger partial charge in [-0.15, -0.1) is 0 Å². The summed E-state index contributed by atoms with van der Waals surface area (Å²) in [7, 11) is 0. The van der Waals surface area contributed by atoms with Crippen LogP contribution < -0.4 is 11.1 Å². The summed E-state index contributed by atoms with van der Waals surface area (Å²) in [5.74, 6) is 0.337. The number of imidazole rings is 1. The number of aromatic nitrogens is 5. The van der Waals surface area contributed by atoms with Gasteiger partial charge in [0.05, 0.1) is 17.2 Å². The summed E-state index contributed by atoms with van der Waals surface area (Å²) in [6.45, 7) is 6.92. The Bertz CT molecular complexity index is 1300. The molecule has 0 bridgehead atoms. The van der Waals surface area contributed by atoms with E-state index in [0.29, 0.717) is 31.6 Å². The lowest BCUT2D eigenvalue weighted by molar-refractivity contribution is -0.121. The van der Waals surface area contributed by atoms with Crippen molar-refractivity contribution in [1.29, 1.82) is 0 Å². The molecule has 2 amide bonds. The Hall–Kier alpha value is -3.75. The maximum atomic E-state index is 12.4. The fourth-order valence-electron chi connectivity index (χ4n) is 3.96. The molecule has 9 heteroatoms. The van der Waals surface area contributed by atoms with Gasteiger partial charge in [0, 0.05) is 30.9 Å². The highest BCUT2D eigenvalue weighted by atomic mass is 16.1. The fraction of sp³-hybridized carbons (Fsp3) is 0.318. The van der Waals surface area contributed by atoms with Gasteiger partial charge in [0.1, 0.15) is 11.4 Å². The van der Waals surface area contributed by atoms with Crippen LogP contribution in [0.5, 0.6) is 0 Å². The number of para-hydroxylation sites is 2. The Balaban J connectivity index is 1.39. The summed E-state index contributed by atoms with van der Waals surface area (Å²) in [6.07, 6.45) is 2.29. The number of fused-ring (bicyclic) bond motifs is 2. The molecule has 0 saturated carbocycles. The van der Waals surface area contributed by atoms with Gasteiger partial charge in [-0.1, -0.05) is 12.1 Å². The largest absolute Gasteiger partial charge is 0.365 e. The molecule has 0 aliphatic rings. The second-order valence-corrected chi connectivity index (χ2v) is 7.57. The number of primary amides is 1. The minimum Gasteiger partial charge on any atom is -0.365 e. The van der Waals surface area contributed by atoms with Gasteiger partial charge in [-0.25, -0.2) is 14.5 Å². The van der Waals surface area contributed by atoms with Crippen molar-refractivity contribution in [2.45, 2.75) is 40.2 Å². The highest BCUT2D eigenvalue weighted by molar-refractivity contribution is 5.98. The van der Waals surface area contributed by atoms with E-state index in [-0.39, 0.29) is 11.5 Å². The molecule has 3 aromatic heterocycles. The summed E-state index contributed by atoms with van der Waals surface area (Å²) >= 11 is 0. The van der Waals surface area contributed by atoms with Crippen molar-refractivity contribution < 1.29 is 9.59 Å². The third-order valence-electron chi connectivity index (χ3n) is 5.58. The third-order valence-corrected chi connectivity index (χ3v) is 5.58. The van der Waals surface area contributed by atoms with Crippen LogP contribution in [-0.4, -0.2) is 42.5 Å². The van der Waals surface area contributed by atoms with Crippen LogP contribution in [0.2, 0.25) is 0 Å². The molecule has 0 unspecified atom stereocenters. The van der Waals surface area contributed by atoms with Crippen LogP contribution >= 0.6 is 0 Å². The van der Waals surface area contributed by atoms with Gasteiger partial charge in [-0.2, -0.15) is 5.10 Å². The lowest BCUT2D eigenvalue weighted by Crippen LogP contribution is -2.27. The highest BCUT2D eigenvalue weighted by Gasteiger charge is 2.17. The number of rotatable bonds is 7. The molecule has 0 aliphatic heterocycles. The number of amides is 2. The van der Waals surface area contributed by atoms with E-state index in [1.807, 2.05) is 45.0 Å². The molecule has 0 saturated heterocycles. The number of hydrogen-bond acceptors (Lipinski definition) is 5. The maximum Gasteiger partial charge on any atom is 0.254 e. The van der Waals surface area contributed by atoms with Crippen molar-refractivity contribution in [3.63, 3.8) is 0 Å². The smallest absolute Gasteiger partial charge is 0.254 e. The number of hydrogen-bond donors (Lipinski definition) is 2. The van der Waals surface area contributed by atoms with Gasteiger partial charge in [-0.3, -0.25) is 9.59 Å². The Morgan fingerprint density at radius 1 is 1.13 bits per heavy atom. The van der Waals surface area contributed by atoms with Gasteiger partial charge in [-0.05, 0) is 44.9 Å². The molecule has 160 valence electrons. The minimum atomic E-state index is -0.561. The van der Waals surface area contributed by atoms with Crippen molar-refractivity contribution >= 4 is 28.5 Å². The van der Waals surface area contributed by atoms with Gasteiger partial charge in [0.15, 0.2) is 5.65 Å². The Morgan fingerprint density at radius 3 is 2.68 bits per heavy atom. The van der Waals surface area contributed by atoms with E-state index < -0.39 is 5.91 Å². The van der Waals surface area contributed by atoms with Crippen molar-refractivity contribution in [1.82, 2.24) is 29.5 Å². The zero-order chi connectivity index (χ0) is 22.1. The summed E-state index contributed by atoms with van der Waals surface area (Å²) in [5, 5.41) is 7.21. The Labute approximate surface area is 179 Å². The molecule has 31 heavy (non-hydrogen) atoms. The van der Waals surface area contributed by atoms with E-state index in [1.54, 1.807) is 4.52 Å². The lowest BCUT2D eigenvalue weighted by Gasteiger charge is -2.12. The molecule has 3 N–H and O–H groups in total. The molecule has 0 spiro atoms. The molecule has 0 aliphatic carbocycles. The monoisotopic (exact) mass is 419 g/mol. The molecular formula is C22H25N7O2. The molecule has 1 aromatic carbocycles. The average molecular weight is 419 g/mol. The van der Waals surface area contributed by atoms with Crippen molar-refractivity contribution in [3.05, 3.63) is 58.8 Å². The molecule has 0 fully saturated rings. The predicted molar refractivity (Wildman–Crippen MR) is 117 cm³/mol. The highest BCUT2D eigenvalue weighted by Crippen LogP contribution is 2.18. The van der Waals surface area contributed by atoms with E-state index in [0.717, 1.165) is 33.8 Å². The predicted octanol–water partition coefficient (Wildman–Crippen LogP) is 1.85. The van der Waals surface area contributed by atoms with Crippen LogP contribution in [0.4, 0.5) is 0 Å². The standard InChI is InChI=1S/C22H25N7O2/c1-13-16(14(2)29-22(26-13)17(12-25-29)21(23)31)8-9-20(30)24-10-11-28-15(3)27-18-6-4-5-7-19(18)28/h4-7,12H,8-11H2,1-3H3,(H2,23,31)(H,24,30). The summed E-state index contributed by atoms with van der Waals surface area (Å²) in [4.78, 5) is 33.0. The maximum absolute atomic E-state index is 12.4. The SMILES string of the molecule is Cc1nc2c(C(N)=O)cnn2c(C)c1CCC(=O)NCCn1c(C)nc2ccccc21. The number of carbonyl (C=O) groups excluding carboxylic acids is 2. The third kappa shape index (κ3) is 3.86. The van der Waals surface area contributed by atoms with Gasteiger partial charge < -0.3 is 15.6 Å². The first kappa shape index (κ1) is 20.5. The van der Waals surface area contributed by atoms with Gasteiger partial charge in [0.25, 0.3) is 5.91 Å². The van der Waals surface area contributed by atoms with Crippen molar-refractivity contribution in [2.75, 3.05) is 6.54 Å². The first-order chi connectivity index (χ1) is 14.9. The zero-order valence-corrected chi connectivity index (χ0v) is 17.8. The quantitative estimate of drug-likeness (QED) is 0.474. The minimum absolute atomic E-state index is 0.0285. The zero-order valence-electron chi connectivity index (χ0n) is 17.8. The van der Waals surface area contributed by atoms with Crippen LogP contribution in [0, 0.1) is 20.8 Å². The topological polar surface area (TPSA) is 120 Å². The van der Waals surface area contributed by atoms with E-state index in [9.17, 15) is 9.59 Å². The molecule has 3 heterocycles. The van der Waals surface area contributed by atoms with Crippen LogP contribution in [0.15, 0.2) is 30.5 Å². The summed E-state index contributed by atoms with van der Waals surface area (Å²) in [6, 6.07) is 7.97. The van der Waals surface area contributed by atoms with Crippen LogP contribution in [0.3, 0.4) is 0 Å². The number of benzene rings is 1. The van der Waals surface area contributed by atoms with Gasteiger partial charge >= 0.3 is 0 Å².